The number of ether oxygens (including phenoxy) is 2. The number of aliphatic hydroxyl groups excluding tert-OH is 1. The standard InChI is InChI=1S/C40H46ClN5O5/c1-26-30(7-3-4-13-46-14-12-33(47)23-46)8-5-10-34(26)35-11-6-9-31(27(35)2)25-51-39-17-38(50-24-29-15-28(18-42)20-44-21-29)32(16-36(39)41)22-45-37(19-43)40(48)49/h5-6,8-11,15-17,20-21,33,37,45,47H,3-4,7,12-14,19,22-25,43H2,1-2H3,(H,48,49)/t33-,37+/m1/s1. The highest BCUT2D eigenvalue weighted by atomic mass is 35.5. The molecular weight excluding hydrogens is 666 g/mol. The van der Waals surface area contributed by atoms with Crippen molar-refractivity contribution in [2.24, 2.45) is 5.73 Å². The molecule has 3 aromatic carbocycles. The minimum atomic E-state index is -1.06. The van der Waals surface area contributed by atoms with E-state index in [1.807, 2.05) is 12.1 Å². The molecule has 0 unspecified atom stereocenters. The van der Waals surface area contributed by atoms with E-state index in [2.05, 4.69) is 59.4 Å². The van der Waals surface area contributed by atoms with Gasteiger partial charge in [0, 0.05) is 55.8 Å². The number of carboxylic acids is 1. The number of nitrogens with zero attached hydrogens (tertiary/aromatic N) is 3. The van der Waals surface area contributed by atoms with Gasteiger partial charge < -0.3 is 30.3 Å². The Bertz CT molecular complexity index is 1860. The number of rotatable bonds is 17. The van der Waals surface area contributed by atoms with Gasteiger partial charge in [0.25, 0.3) is 0 Å². The quantitative estimate of drug-likeness (QED) is 0.0968. The van der Waals surface area contributed by atoms with Crippen molar-refractivity contribution in [2.75, 3.05) is 26.2 Å². The minimum absolute atomic E-state index is 0.0827. The number of pyridine rings is 1. The summed E-state index contributed by atoms with van der Waals surface area (Å²) in [4.78, 5) is 18.0. The molecule has 0 radical (unpaired) electrons. The molecule has 1 aromatic heterocycles. The van der Waals surface area contributed by atoms with Crippen molar-refractivity contribution in [1.82, 2.24) is 15.2 Å². The van der Waals surface area contributed by atoms with E-state index in [0.29, 0.717) is 33.2 Å². The number of benzene rings is 3. The van der Waals surface area contributed by atoms with Crippen molar-refractivity contribution in [2.45, 2.75) is 71.4 Å². The Labute approximate surface area is 304 Å². The summed E-state index contributed by atoms with van der Waals surface area (Å²) in [5, 5.41) is 31.8. The second-order valence-electron chi connectivity index (χ2n) is 13.0. The zero-order chi connectivity index (χ0) is 36.3. The monoisotopic (exact) mass is 711 g/mol. The van der Waals surface area contributed by atoms with Gasteiger partial charge in [0.15, 0.2) is 0 Å². The molecule has 2 heterocycles. The summed E-state index contributed by atoms with van der Waals surface area (Å²) in [5.41, 5.74) is 14.5. The number of hydrogen-bond donors (Lipinski definition) is 4. The van der Waals surface area contributed by atoms with E-state index in [1.165, 1.54) is 22.9 Å². The molecule has 1 fully saturated rings. The fourth-order valence-corrected chi connectivity index (χ4v) is 6.69. The maximum absolute atomic E-state index is 11.6. The van der Waals surface area contributed by atoms with E-state index in [9.17, 15) is 20.3 Å². The van der Waals surface area contributed by atoms with Gasteiger partial charge in [-0.3, -0.25) is 15.1 Å². The molecule has 0 saturated carbocycles. The number of nitrogens with one attached hydrogen (secondary N) is 1. The summed E-state index contributed by atoms with van der Waals surface area (Å²) < 4.78 is 12.5. The summed E-state index contributed by atoms with van der Waals surface area (Å²) in [7, 11) is 0. The second-order valence-corrected chi connectivity index (χ2v) is 13.5. The number of halogens is 1. The third kappa shape index (κ3) is 10.1. The van der Waals surface area contributed by atoms with Crippen LogP contribution in [0.25, 0.3) is 11.1 Å². The molecule has 5 N–H and O–H groups in total. The highest BCUT2D eigenvalue weighted by molar-refractivity contribution is 6.32. The van der Waals surface area contributed by atoms with Crippen LogP contribution < -0.4 is 20.5 Å². The number of aryl methyl sites for hydroxylation is 1. The van der Waals surface area contributed by atoms with Crippen LogP contribution in [0.4, 0.5) is 0 Å². The molecule has 2 atom stereocenters. The van der Waals surface area contributed by atoms with Crippen molar-refractivity contribution >= 4 is 17.6 Å². The fraction of sp³-hybridized carbons (Fsp3) is 0.375. The van der Waals surface area contributed by atoms with Crippen LogP contribution in [0.15, 0.2) is 67.0 Å². The maximum Gasteiger partial charge on any atom is 0.322 e. The SMILES string of the molecule is Cc1c(CCCCN2CC[C@@H](O)C2)cccc1-c1cccc(COc2cc(OCc3cncc(C#N)c3)c(CN[C@@H](CN)C(=O)O)cc2Cl)c1C. The Morgan fingerprint density at radius 3 is 2.45 bits per heavy atom. The third-order valence-corrected chi connectivity index (χ3v) is 9.78. The number of β-amino-alcohol motifs (C(OH)–C–C–N with tert-alkyl or cyclic N) is 1. The zero-order valence-corrected chi connectivity index (χ0v) is 30.0. The third-order valence-electron chi connectivity index (χ3n) is 9.49. The van der Waals surface area contributed by atoms with Gasteiger partial charge in [0.05, 0.1) is 16.7 Å². The molecule has 0 spiro atoms. The minimum Gasteiger partial charge on any atom is -0.488 e. The molecule has 0 aliphatic carbocycles. The van der Waals surface area contributed by atoms with Gasteiger partial charge in [-0.25, -0.2) is 0 Å². The first-order chi connectivity index (χ1) is 24.7. The Balaban J connectivity index is 1.31. The van der Waals surface area contributed by atoms with E-state index in [4.69, 9.17) is 26.8 Å². The van der Waals surface area contributed by atoms with Crippen LogP contribution in [0.1, 0.15) is 58.2 Å². The molecule has 1 aliphatic heterocycles. The number of nitrogens with two attached hydrogens (primary N) is 1. The van der Waals surface area contributed by atoms with Crippen LogP contribution in [-0.4, -0.2) is 64.4 Å². The van der Waals surface area contributed by atoms with Gasteiger partial charge in [-0.2, -0.15) is 5.26 Å². The first kappa shape index (κ1) is 37.7. The molecule has 51 heavy (non-hydrogen) atoms. The van der Waals surface area contributed by atoms with E-state index in [-0.39, 0.29) is 32.4 Å². The van der Waals surface area contributed by atoms with Crippen molar-refractivity contribution in [3.05, 3.63) is 111 Å². The lowest BCUT2D eigenvalue weighted by molar-refractivity contribution is -0.139. The van der Waals surface area contributed by atoms with E-state index >= 15 is 0 Å². The molecule has 0 bridgehead atoms. The molecule has 0 amide bonds. The Morgan fingerprint density at radius 1 is 1.04 bits per heavy atom. The van der Waals surface area contributed by atoms with Crippen molar-refractivity contribution in [1.29, 1.82) is 5.26 Å². The van der Waals surface area contributed by atoms with Gasteiger partial charge in [-0.1, -0.05) is 48.0 Å². The number of likely N-dealkylation sites (tertiary alicyclic amines) is 1. The Kier molecular flexibility index (Phi) is 13.4. The predicted molar refractivity (Wildman–Crippen MR) is 198 cm³/mol. The topological polar surface area (TPSA) is 154 Å². The molecular formula is C40H46ClN5O5. The van der Waals surface area contributed by atoms with Crippen LogP contribution in [0.3, 0.4) is 0 Å². The van der Waals surface area contributed by atoms with Gasteiger partial charge in [0.2, 0.25) is 0 Å². The average Bonchev–Trinajstić information content (AvgIpc) is 3.55. The number of carboxylic acid groups (broad SMARTS) is 1. The lowest BCUT2D eigenvalue weighted by Gasteiger charge is -2.19. The van der Waals surface area contributed by atoms with Crippen LogP contribution >= 0.6 is 11.6 Å². The van der Waals surface area contributed by atoms with Crippen molar-refractivity contribution in [3.8, 4) is 28.7 Å². The van der Waals surface area contributed by atoms with Crippen LogP contribution in [0.5, 0.6) is 11.5 Å². The normalized spacial score (nSPS) is 15.0. The summed E-state index contributed by atoms with van der Waals surface area (Å²) in [6.07, 6.45) is 7.02. The van der Waals surface area contributed by atoms with Crippen molar-refractivity contribution < 1.29 is 24.5 Å². The second kappa shape index (κ2) is 18.1. The van der Waals surface area contributed by atoms with Crippen molar-refractivity contribution in [3.63, 3.8) is 0 Å². The summed E-state index contributed by atoms with van der Waals surface area (Å²) >= 11 is 6.73. The van der Waals surface area contributed by atoms with E-state index < -0.39 is 12.0 Å². The van der Waals surface area contributed by atoms with E-state index in [1.54, 1.807) is 24.4 Å². The lowest BCUT2D eigenvalue weighted by Crippen LogP contribution is -2.42. The lowest BCUT2D eigenvalue weighted by atomic mass is 9.90. The zero-order valence-electron chi connectivity index (χ0n) is 29.2. The first-order valence-electron chi connectivity index (χ1n) is 17.3. The highest BCUT2D eigenvalue weighted by Gasteiger charge is 2.20. The molecule has 1 aliphatic rings. The molecule has 1 saturated heterocycles. The number of carbonyl (C=O) groups is 1. The van der Waals surface area contributed by atoms with Crippen LogP contribution in [0, 0.1) is 25.2 Å². The van der Waals surface area contributed by atoms with Gasteiger partial charge >= 0.3 is 5.97 Å². The Hall–Kier alpha value is -4.50. The summed E-state index contributed by atoms with van der Waals surface area (Å²) in [6.45, 7) is 7.56. The average molecular weight is 712 g/mol. The molecule has 4 aromatic rings. The Morgan fingerprint density at radius 2 is 1.76 bits per heavy atom. The summed E-state index contributed by atoms with van der Waals surface area (Å²) in [6, 6.07) is 19.0. The van der Waals surface area contributed by atoms with Gasteiger partial charge in [0.1, 0.15) is 36.8 Å². The maximum atomic E-state index is 11.6. The molecule has 10 nitrogen and oxygen atoms in total. The van der Waals surface area contributed by atoms with Gasteiger partial charge in [-0.15, -0.1) is 0 Å². The number of aliphatic hydroxyl groups is 1. The van der Waals surface area contributed by atoms with E-state index in [0.717, 1.165) is 62.0 Å². The number of nitriles is 1. The number of aliphatic carboxylic acids is 1. The van der Waals surface area contributed by atoms with Crippen LogP contribution in [-0.2, 0) is 31.0 Å². The molecule has 5 rings (SSSR count). The predicted octanol–water partition coefficient (Wildman–Crippen LogP) is 5.94. The summed E-state index contributed by atoms with van der Waals surface area (Å²) in [5.74, 6) is -0.194. The largest absolute Gasteiger partial charge is 0.488 e. The number of unbranched alkanes of at least 4 members (excludes halogenated alkanes) is 1. The van der Waals surface area contributed by atoms with Crippen LogP contribution in [0.2, 0.25) is 5.02 Å². The first-order valence-corrected chi connectivity index (χ1v) is 17.7. The molecule has 268 valence electrons. The molecule has 11 heteroatoms. The number of aromatic nitrogens is 1. The number of hydrogen-bond acceptors (Lipinski definition) is 9. The van der Waals surface area contributed by atoms with Gasteiger partial charge in [-0.05, 0) is 91.6 Å². The smallest absolute Gasteiger partial charge is 0.322 e. The highest BCUT2D eigenvalue weighted by Crippen LogP contribution is 2.36. The fourth-order valence-electron chi connectivity index (χ4n) is 6.45.